The molecule has 3 N–H and O–H groups in total. The smallest absolute Gasteiger partial charge is 0.139 e. The van der Waals surface area contributed by atoms with E-state index in [4.69, 9.17) is 10.5 Å². The number of nitrogens with two attached hydrogens (primary N) is 1. The van der Waals surface area contributed by atoms with Crippen LogP contribution in [0.25, 0.3) is 0 Å². The molecular weight excluding hydrogens is 240 g/mol. The molecule has 100 valence electrons. The second kappa shape index (κ2) is 5.67. The second-order valence-electron chi connectivity index (χ2n) is 4.39. The Kier molecular flexibility index (Phi) is 3.97. The molecule has 0 radical (unpaired) electrons. The highest BCUT2D eigenvalue weighted by atomic mass is 16.5. The minimum atomic E-state index is 0.503. The lowest BCUT2D eigenvalue weighted by molar-refractivity contribution is 0.185. The van der Waals surface area contributed by atoms with Gasteiger partial charge < -0.3 is 15.8 Å². The summed E-state index contributed by atoms with van der Waals surface area (Å²) in [6.45, 7) is 4.30. The van der Waals surface area contributed by atoms with E-state index in [1.807, 2.05) is 38.1 Å². The Balaban J connectivity index is 2.28. The fourth-order valence-electron chi connectivity index (χ4n) is 1.81. The van der Waals surface area contributed by atoms with Gasteiger partial charge in [-0.2, -0.15) is 0 Å². The zero-order chi connectivity index (χ0) is 13.8. The van der Waals surface area contributed by atoms with Gasteiger partial charge >= 0.3 is 0 Å². The predicted octanol–water partition coefficient (Wildman–Crippen LogP) is 2.57. The fraction of sp³-hybridized carbons (Fsp3) is 0.286. The summed E-state index contributed by atoms with van der Waals surface area (Å²) in [6.07, 6.45) is 0. The lowest BCUT2D eigenvalue weighted by Crippen LogP contribution is -2.05. The molecule has 0 bridgehead atoms. The number of hydrogen-bond donors (Lipinski definition) is 2. The van der Waals surface area contributed by atoms with Crippen LogP contribution >= 0.6 is 0 Å². The van der Waals surface area contributed by atoms with Gasteiger partial charge in [0.25, 0.3) is 0 Å². The van der Waals surface area contributed by atoms with E-state index in [0.717, 1.165) is 22.6 Å². The minimum absolute atomic E-state index is 0.503. The van der Waals surface area contributed by atoms with E-state index < -0.39 is 0 Å². The van der Waals surface area contributed by atoms with Gasteiger partial charge in [0, 0.05) is 18.4 Å². The highest BCUT2D eigenvalue weighted by Crippen LogP contribution is 2.22. The number of hydrogen-bond acceptors (Lipinski definition) is 5. The number of rotatable bonds is 4. The van der Waals surface area contributed by atoms with Gasteiger partial charge in [-0.25, -0.2) is 9.97 Å². The van der Waals surface area contributed by atoms with Crippen molar-refractivity contribution in [1.82, 2.24) is 9.97 Å². The van der Waals surface area contributed by atoms with E-state index in [1.54, 1.807) is 7.11 Å². The largest absolute Gasteiger partial charge is 0.383 e. The first-order valence-corrected chi connectivity index (χ1v) is 6.05. The molecule has 5 nitrogen and oxygen atoms in total. The maximum Gasteiger partial charge on any atom is 0.139 e. The fourth-order valence-corrected chi connectivity index (χ4v) is 1.81. The van der Waals surface area contributed by atoms with Gasteiger partial charge in [0.2, 0.25) is 0 Å². The number of nitrogens with one attached hydrogen (secondary N) is 1. The van der Waals surface area contributed by atoms with Crippen molar-refractivity contribution in [2.75, 3.05) is 18.2 Å². The summed E-state index contributed by atoms with van der Waals surface area (Å²) < 4.78 is 5.12. The molecule has 0 fully saturated rings. The molecule has 0 saturated heterocycles. The van der Waals surface area contributed by atoms with Gasteiger partial charge in [-0.05, 0) is 31.5 Å². The third-order valence-electron chi connectivity index (χ3n) is 2.80. The Morgan fingerprint density at radius 3 is 2.79 bits per heavy atom. The number of anilines is 3. The van der Waals surface area contributed by atoms with Crippen LogP contribution in [0.2, 0.25) is 0 Å². The van der Waals surface area contributed by atoms with Gasteiger partial charge in [0.1, 0.15) is 17.5 Å². The van der Waals surface area contributed by atoms with Crippen LogP contribution in [0.3, 0.4) is 0 Å². The lowest BCUT2D eigenvalue weighted by atomic mass is 10.2. The van der Waals surface area contributed by atoms with Crippen molar-refractivity contribution in [3.8, 4) is 0 Å². The Labute approximate surface area is 112 Å². The van der Waals surface area contributed by atoms with Gasteiger partial charge in [0.05, 0.1) is 6.61 Å². The third kappa shape index (κ3) is 3.20. The van der Waals surface area contributed by atoms with Crippen molar-refractivity contribution in [2.45, 2.75) is 20.5 Å². The average molecular weight is 258 g/mol. The van der Waals surface area contributed by atoms with Crippen LogP contribution in [0.4, 0.5) is 17.3 Å². The predicted molar refractivity (Wildman–Crippen MR) is 76.4 cm³/mol. The summed E-state index contributed by atoms with van der Waals surface area (Å²) in [5, 5.41) is 3.27. The van der Waals surface area contributed by atoms with Crippen LogP contribution in [-0.4, -0.2) is 17.1 Å². The number of methoxy groups -OCH3 is 1. The SMILES string of the molecule is COCc1cccc(Nc2nc(C)nc(N)c2C)c1. The number of nitrogens with zero attached hydrogens (tertiary/aromatic N) is 2. The van der Waals surface area contributed by atoms with E-state index in [0.29, 0.717) is 18.2 Å². The van der Waals surface area contributed by atoms with Crippen molar-refractivity contribution >= 4 is 17.3 Å². The first kappa shape index (κ1) is 13.3. The van der Waals surface area contributed by atoms with Crippen LogP contribution < -0.4 is 11.1 Å². The number of ether oxygens (including phenoxy) is 1. The van der Waals surface area contributed by atoms with Crippen molar-refractivity contribution in [3.63, 3.8) is 0 Å². The summed E-state index contributed by atoms with van der Waals surface area (Å²) >= 11 is 0. The zero-order valence-electron chi connectivity index (χ0n) is 11.4. The number of nitrogen functional groups attached to an aromatic ring is 1. The van der Waals surface area contributed by atoms with E-state index in [2.05, 4.69) is 15.3 Å². The van der Waals surface area contributed by atoms with Gasteiger partial charge in [-0.3, -0.25) is 0 Å². The van der Waals surface area contributed by atoms with Crippen LogP contribution in [-0.2, 0) is 11.3 Å². The van der Waals surface area contributed by atoms with E-state index >= 15 is 0 Å². The Hall–Kier alpha value is -2.14. The van der Waals surface area contributed by atoms with Crippen LogP contribution in [0.5, 0.6) is 0 Å². The summed E-state index contributed by atoms with van der Waals surface area (Å²) in [7, 11) is 1.68. The van der Waals surface area contributed by atoms with Crippen molar-refractivity contribution in [3.05, 3.63) is 41.2 Å². The molecular formula is C14H18N4O. The number of aromatic nitrogens is 2. The molecule has 0 atom stereocenters. The molecule has 1 heterocycles. The normalized spacial score (nSPS) is 10.5. The van der Waals surface area contributed by atoms with E-state index in [-0.39, 0.29) is 0 Å². The molecule has 0 aliphatic carbocycles. The summed E-state index contributed by atoms with van der Waals surface area (Å²) in [5.41, 5.74) is 8.75. The number of aryl methyl sites for hydroxylation is 1. The van der Waals surface area contributed by atoms with Crippen molar-refractivity contribution in [1.29, 1.82) is 0 Å². The summed E-state index contributed by atoms with van der Waals surface area (Å²) in [4.78, 5) is 8.50. The van der Waals surface area contributed by atoms with E-state index in [1.165, 1.54) is 0 Å². The topological polar surface area (TPSA) is 73.1 Å². The molecule has 0 aliphatic rings. The lowest BCUT2D eigenvalue weighted by Gasteiger charge is -2.11. The Bertz CT molecular complexity index is 584. The van der Waals surface area contributed by atoms with Crippen molar-refractivity contribution < 1.29 is 4.74 Å². The first-order chi connectivity index (χ1) is 9.10. The molecule has 1 aromatic heterocycles. The molecule has 5 heteroatoms. The third-order valence-corrected chi connectivity index (χ3v) is 2.80. The summed E-state index contributed by atoms with van der Waals surface area (Å²) in [6, 6.07) is 7.99. The Morgan fingerprint density at radius 2 is 2.05 bits per heavy atom. The van der Waals surface area contributed by atoms with Gasteiger partial charge in [-0.1, -0.05) is 12.1 Å². The zero-order valence-corrected chi connectivity index (χ0v) is 11.4. The maximum absolute atomic E-state index is 5.84. The monoisotopic (exact) mass is 258 g/mol. The molecule has 0 unspecified atom stereocenters. The molecule has 1 aromatic carbocycles. The van der Waals surface area contributed by atoms with Crippen LogP contribution in [0.1, 0.15) is 17.0 Å². The standard InChI is InChI=1S/C14H18N4O/c1-9-13(15)16-10(2)17-14(9)18-12-6-4-5-11(7-12)8-19-3/h4-7H,8H2,1-3H3,(H3,15,16,17,18). The maximum atomic E-state index is 5.84. The van der Waals surface area contributed by atoms with Crippen LogP contribution in [0.15, 0.2) is 24.3 Å². The Morgan fingerprint density at radius 1 is 1.26 bits per heavy atom. The minimum Gasteiger partial charge on any atom is -0.383 e. The molecule has 2 aromatic rings. The molecule has 2 rings (SSSR count). The van der Waals surface area contributed by atoms with Gasteiger partial charge in [-0.15, -0.1) is 0 Å². The highest BCUT2D eigenvalue weighted by molar-refractivity contribution is 5.64. The second-order valence-corrected chi connectivity index (χ2v) is 4.39. The van der Waals surface area contributed by atoms with Gasteiger partial charge in [0.15, 0.2) is 0 Å². The molecule has 0 aliphatic heterocycles. The molecule has 0 saturated carbocycles. The highest BCUT2D eigenvalue weighted by Gasteiger charge is 2.07. The van der Waals surface area contributed by atoms with E-state index in [9.17, 15) is 0 Å². The molecule has 19 heavy (non-hydrogen) atoms. The summed E-state index contributed by atoms with van der Waals surface area (Å²) in [5.74, 6) is 1.89. The van der Waals surface area contributed by atoms with Crippen molar-refractivity contribution in [2.24, 2.45) is 0 Å². The quantitative estimate of drug-likeness (QED) is 0.881. The van der Waals surface area contributed by atoms with Crippen LogP contribution in [0, 0.1) is 13.8 Å². The average Bonchev–Trinajstić information content (AvgIpc) is 2.36. The molecule has 0 amide bonds. The number of benzene rings is 1. The first-order valence-electron chi connectivity index (χ1n) is 6.05. The molecule has 0 spiro atoms.